The summed E-state index contributed by atoms with van der Waals surface area (Å²) in [5, 5.41) is 0. The number of imidazole rings is 1. The minimum Gasteiger partial charge on any atom is -0.337 e. The molecule has 0 fully saturated rings. The fourth-order valence-corrected chi connectivity index (χ4v) is 7.08. The molecule has 0 radical (unpaired) electrons. The first-order chi connectivity index (χ1) is 20.3. The van der Waals surface area contributed by atoms with Crippen LogP contribution < -0.4 is 9.62 Å². The molecule has 1 heterocycles. The molecule has 43 heavy (non-hydrogen) atoms. The lowest BCUT2D eigenvalue weighted by molar-refractivity contribution is -0.119. The largest absolute Gasteiger partial charge is 0.337 e. The van der Waals surface area contributed by atoms with Gasteiger partial charge in [-0.1, -0.05) is 56.7 Å². The van der Waals surface area contributed by atoms with Crippen molar-refractivity contribution in [2.75, 3.05) is 4.90 Å². The molecule has 0 saturated heterocycles. The van der Waals surface area contributed by atoms with Gasteiger partial charge in [-0.25, -0.2) is 22.5 Å². The Hall–Kier alpha value is -3.82. The summed E-state index contributed by atoms with van der Waals surface area (Å²) in [5.41, 5.74) is 4.15. The van der Waals surface area contributed by atoms with Gasteiger partial charge < -0.3 is 9.47 Å². The number of aromatic nitrogens is 2. The molecule has 1 amide bonds. The van der Waals surface area contributed by atoms with Crippen LogP contribution >= 0.6 is 0 Å². The van der Waals surface area contributed by atoms with Crippen LogP contribution in [0.2, 0.25) is 0 Å². The maximum atomic E-state index is 14.0. The van der Waals surface area contributed by atoms with Crippen molar-refractivity contribution >= 4 is 21.6 Å². The zero-order valence-corrected chi connectivity index (χ0v) is 26.2. The predicted molar refractivity (Wildman–Crippen MR) is 167 cm³/mol. The van der Waals surface area contributed by atoms with Crippen LogP contribution in [0.3, 0.4) is 0 Å². The van der Waals surface area contributed by atoms with Gasteiger partial charge >= 0.3 is 0 Å². The average molecular weight is 603 g/mol. The summed E-state index contributed by atoms with van der Waals surface area (Å²) in [4.78, 5) is 20.3. The second kappa shape index (κ2) is 12.1. The topological polar surface area (TPSA) is 84.3 Å². The summed E-state index contributed by atoms with van der Waals surface area (Å²) in [7, 11) is -1.90. The molecule has 5 rings (SSSR count). The zero-order chi connectivity index (χ0) is 30.9. The number of anilines is 1. The molecule has 0 bridgehead atoms. The van der Waals surface area contributed by atoms with Gasteiger partial charge in [0.1, 0.15) is 11.6 Å². The van der Waals surface area contributed by atoms with E-state index < -0.39 is 16.1 Å². The van der Waals surface area contributed by atoms with Gasteiger partial charge in [-0.05, 0) is 84.2 Å². The lowest BCUT2D eigenvalue weighted by Gasteiger charge is -2.38. The molecular weight excluding hydrogens is 563 g/mol. The SMILES string of the molecule is Cc1ccc(S(=O)(=O)N[C@H]2CCC(C)(C)c3ccc(N(Cc4nccn4C)C(=O)C[C@@H](C)c4cccc(F)c4)cc32)cc1. The minimum absolute atomic E-state index is 0.133. The second-order valence-electron chi connectivity index (χ2n) is 12.3. The summed E-state index contributed by atoms with van der Waals surface area (Å²) < 4.78 is 45.6. The second-order valence-corrected chi connectivity index (χ2v) is 14.0. The standard InChI is InChI=1S/C34H39FN4O3S/c1-23-9-12-28(13-10-23)43(41,42)37-31-15-16-34(3,4)30-14-11-27(21-29(30)31)39(22-32-36-17-18-38(32)5)33(40)19-24(2)25-7-6-8-26(35)20-25/h6-14,17-18,20-21,24,31,37H,15-16,19,22H2,1-5H3/t24-,31+/m1/s1. The molecule has 1 aromatic heterocycles. The van der Waals surface area contributed by atoms with Crippen molar-refractivity contribution in [2.24, 2.45) is 7.05 Å². The third-order valence-corrected chi connectivity index (χ3v) is 10.0. The number of hydrogen-bond acceptors (Lipinski definition) is 4. The van der Waals surface area contributed by atoms with Crippen molar-refractivity contribution in [1.82, 2.24) is 14.3 Å². The van der Waals surface area contributed by atoms with E-state index in [1.165, 1.54) is 12.1 Å². The van der Waals surface area contributed by atoms with E-state index in [1.807, 2.05) is 55.9 Å². The van der Waals surface area contributed by atoms with Gasteiger partial charge in [-0.15, -0.1) is 0 Å². The Morgan fingerprint density at radius 2 is 1.88 bits per heavy atom. The monoisotopic (exact) mass is 602 g/mol. The minimum atomic E-state index is -3.78. The van der Waals surface area contributed by atoms with E-state index in [0.29, 0.717) is 17.9 Å². The first kappa shape index (κ1) is 30.6. The van der Waals surface area contributed by atoms with Gasteiger partial charge in [0.2, 0.25) is 15.9 Å². The van der Waals surface area contributed by atoms with Crippen molar-refractivity contribution in [3.63, 3.8) is 0 Å². The number of fused-ring (bicyclic) bond motifs is 1. The normalized spacial score (nSPS) is 16.8. The number of nitrogens with zero attached hydrogens (tertiary/aromatic N) is 3. The van der Waals surface area contributed by atoms with Crippen LogP contribution in [0.15, 0.2) is 84.0 Å². The molecule has 7 nitrogen and oxygen atoms in total. The Balaban J connectivity index is 1.51. The Bertz CT molecular complexity index is 1730. The number of halogens is 1. The number of rotatable bonds is 9. The van der Waals surface area contributed by atoms with Gasteiger partial charge in [0, 0.05) is 37.6 Å². The molecule has 2 atom stereocenters. The Morgan fingerprint density at radius 1 is 1.14 bits per heavy atom. The molecule has 0 unspecified atom stereocenters. The Labute approximate surface area is 253 Å². The summed E-state index contributed by atoms with van der Waals surface area (Å²) in [5.74, 6) is 0.0313. The molecular formula is C34H39FN4O3S. The first-order valence-electron chi connectivity index (χ1n) is 14.6. The van der Waals surface area contributed by atoms with Crippen molar-refractivity contribution in [3.8, 4) is 0 Å². The summed E-state index contributed by atoms with van der Waals surface area (Å²) in [6.45, 7) is 8.39. The van der Waals surface area contributed by atoms with Crippen LogP contribution in [0.5, 0.6) is 0 Å². The number of hydrogen-bond donors (Lipinski definition) is 1. The smallest absolute Gasteiger partial charge is 0.241 e. The van der Waals surface area contributed by atoms with E-state index in [1.54, 1.807) is 41.4 Å². The van der Waals surface area contributed by atoms with Crippen LogP contribution in [0.1, 0.15) is 80.1 Å². The summed E-state index contributed by atoms with van der Waals surface area (Å²) in [6.07, 6.45) is 5.12. The maximum Gasteiger partial charge on any atom is 0.241 e. The number of carbonyl (C=O) groups is 1. The van der Waals surface area contributed by atoms with E-state index in [2.05, 4.69) is 23.6 Å². The number of amides is 1. The highest BCUT2D eigenvalue weighted by atomic mass is 32.2. The van der Waals surface area contributed by atoms with E-state index >= 15 is 0 Å². The van der Waals surface area contributed by atoms with Gasteiger partial charge in [-0.2, -0.15) is 0 Å². The molecule has 0 aliphatic heterocycles. The lowest BCUT2D eigenvalue weighted by atomic mass is 9.71. The highest BCUT2D eigenvalue weighted by Crippen LogP contribution is 2.43. The molecule has 226 valence electrons. The van der Waals surface area contributed by atoms with Crippen LogP contribution in [0.25, 0.3) is 0 Å². The van der Waals surface area contributed by atoms with E-state index in [4.69, 9.17) is 0 Å². The van der Waals surface area contributed by atoms with E-state index in [0.717, 1.165) is 28.7 Å². The molecule has 1 aliphatic carbocycles. The maximum absolute atomic E-state index is 14.0. The quantitative estimate of drug-likeness (QED) is 0.232. The molecule has 0 saturated carbocycles. The van der Waals surface area contributed by atoms with Crippen molar-refractivity contribution in [1.29, 1.82) is 0 Å². The van der Waals surface area contributed by atoms with E-state index in [-0.39, 0.29) is 40.9 Å². The highest BCUT2D eigenvalue weighted by molar-refractivity contribution is 7.89. The van der Waals surface area contributed by atoms with Gasteiger partial charge in [0.05, 0.1) is 11.4 Å². The Kier molecular flexibility index (Phi) is 8.58. The van der Waals surface area contributed by atoms with Gasteiger partial charge in [0.25, 0.3) is 0 Å². The summed E-state index contributed by atoms with van der Waals surface area (Å²) >= 11 is 0. The molecule has 1 N–H and O–H groups in total. The van der Waals surface area contributed by atoms with Crippen molar-refractivity contribution in [2.45, 2.75) is 75.8 Å². The fourth-order valence-electron chi connectivity index (χ4n) is 5.83. The summed E-state index contributed by atoms with van der Waals surface area (Å²) in [6, 6.07) is 18.6. The molecule has 4 aromatic rings. The zero-order valence-electron chi connectivity index (χ0n) is 25.3. The molecule has 0 spiro atoms. The number of nitrogens with one attached hydrogen (secondary N) is 1. The first-order valence-corrected chi connectivity index (χ1v) is 16.1. The number of sulfonamides is 1. The van der Waals surface area contributed by atoms with Crippen LogP contribution in [-0.2, 0) is 33.8 Å². The van der Waals surface area contributed by atoms with Gasteiger partial charge in [-0.3, -0.25) is 4.79 Å². The third kappa shape index (κ3) is 6.73. The van der Waals surface area contributed by atoms with E-state index in [9.17, 15) is 17.6 Å². The lowest BCUT2D eigenvalue weighted by Crippen LogP contribution is -2.37. The molecule has 3 aromatic carbocycles. The fraction of sp³-hybridized carbons (Fsp3) is 0.353. The van der Waals surface area contributed by atoms with Gasteiger partial charge in [0.15, 0.2) is 0 Å². The van der Waals surface area contributed by atoms with Crippen molar-refractivity contribution in [3.05, 3.63) is 113 Å². The molecule has 9 heteroatoms. The number of carbonyl (C=O) groups excluding carboxylic acids is 1. The number of benzene rings is 3. The average Bonchev–Trinajstić information content (AvgIpc) is 3.37. The van der Waals surface area contributed by atoms with Crippen LogP contribution in [0, 0.1) is 12.7 Å². The highest BCUT2D eigenvalue weighted by Gasteiger charge is 2.35. The van der Waals surface area contributed by atoms with Crippen LogP contribution in [-0.4, -0.2) is 23.9 Å². The third-order valence-electron chi connectivity index (χ3n) is 8.56. The number of aryl methyl sites for hydroxylation is 2. The van der Waals surface area contributed by atoms with Crippen molar-refractivity contribution < 1.29 is 17.6 Å². The predicted octanol–water partition coefficient (Wildman–Crippen LogP) is 6.69. The molecule has 1 aliphatic rings. The Morgan fingerprint density at radius 3 is 2.56 bits per heavy atom. The van der Waals surface area contributed by atoms with Crippen LogP contribution in [0.4, 0.5) is 10.1 Å².